The molecular formula is C14H21N3S. The lowest BCUT2D eigenvalue weighted by atomic mass is 10.2. The van der Waals surface area contributed by atoms with Gasteiger partial charge < -0.3 is 9.88 Å². The van der Waals surface area contributed by atoms with Gasteiger partial charge in [0.1, 0.15) is 0 Å². The van der Waals surface area contributed by atoms with Crippen LogP contribution in [0, 0.1) is 19.8 Å². The number of aryl methyl sites for hydroxylation is 1. The minimum atomic E-state index is 0.637. The third-order valence-electron chi connectivity index (χ3n) is 3.22. The predicted octanol–water partition coefficient (Wildman–Crippen LogP) is 3.83. The molecule has 0 aromatic carbocycles. The highest BCUT2D eigenvalue weighted by atomic mass is 32.1. The first-order valence-electron chi connectivity index (χ1n) is 6.31. The number of aromatic nitrogens is 2. The van der Waals surface area contributed by atoms with E-state index >= 15 is 0 Å². The summed E-state index contributed by atoms with van der Waals surface area (Å²) < 4.78 is 2.20. The summed E-state index contributed by atoms with van der Waals surface area (Å²) in [4.78, 5) is 4.66. The van der Waals surface area contributed by atoms with Crippen LogP contribution in [0.3, 0.4) is 0 Å². The Morgan fingerprint density at radius 1 is 1.39 bits per heavy atom. The second kappa shape index (κ2) is 5.14. The number of nitrogens with one attached hydrogen (secondary N) is 1. The van der Waals surface area contributed by atoms with Crippen molar-refractivity contribution in [1.29, 1.82) is 0 Å². The van der Waals surface area contributed by atoms with Crippen molar-refractivity contribution >= 4 is 16.5 Å². The highest BCUT2D eigenvalue weighted by Crippen LogP contribution is 2.29. The zero-order chi connectivity index (χ0) is 13.3. The third-order valence-corrected chi connectivity index (χ3v) is 4.02. The average Bonchev–Trinajstić information content (AvgIpc) is 2.87. The molecule has 0 aliphatic heterocycles. The summed E-state index contributed by atoms with van der Waals surface area (Å²) in [5.74, 6) is 0.637. The SMILES string of the molecule is Cc1cc(-c2csc(NCC(C)C)n2)c(C)n1C. The first-order chi connectivity index (χ1) is 8.49. The largest absolute Gasteiger partial charge is 0.361 e. The Balaban J connectivity index is 2.21. The number of rotatable bonds is 4. The monoisotopic (exact) mass is 263 g/mol. The standard InChI is InChI=1S/C14H21N3S/c1-9(2)7-15-14-16-13(8-18-14)12-6-10(3)17(5)11(12)4/h6,8-9H,7H2,1-5H3,(H,15,16). The quantitative estimate of drug-likeness (QED) is 0.908. The maximum Gasteiger partial charge on any atom is 0.183 e. The van der Waals surface area contributed by atoms with Crippen LogP contribution < -0.4 is 5.32 Å². The molecule has 0 saturated carbocycles. The third kappa shape index (κ3) is 2.58. The Kier molecular flexibility index (Phi) is 3.76. The van der Waals surface area contributed by atoms with Crippen molar-refractivity contribution in [2.24, 2.45) is 13.0 Å². The van der Waals surface area contributed by atoms with Crippen LogP contribution in [0.5, 0.6) is 0 Å². The second-order valence-electron chi connectivity index (χ2n) is 5.16. The summed E-state index contributed by atoms with van der Waals surface area (Å²) in [5.41, 5.74) is 4.86. The van der Waals surface area contributed by atoms with Crippen LogP contribution >= 0.6 is 11.3 Å². The molecule has 0 aliphatic rings. The van der Waals surface area contributed by atoms with Gasteiger partial charge in [-0.2, -0.15) is 0 Å². The van der Waals surface area contributed by atoms with Crippen LogP contribution in [-0.2, 0) is 7.05 Å². The van der Waals surface area contributed by atoms with E-state index < -0.39 is 0 Å². The maximum atomic E-state index is 4.66. The molecule has 0 radical (unpaired) electrons. The first-order valence-corrected chi connectivity index (χ1v) is 7.19. The van der Waals surface area contributed by atoms with Gasteiger partial charge >= 0.3 is 0 Å². The molecule has 2 heterocycles. The number of anilines is 1. The van der Waals surface area contributed by atoms with Gasteiger partial charge in [0.15, 0.2) is 5.13 Å². The molecule has 3 nitrogen and oxygen atoms in total. The van der Waals surface area contributed by atoms with Gasteiger partial charge in [-0.05, 0) is 25.8 Å². The van der Waals surface area contributed by atoms with Gasteiger partial charge in [-0.3, -0.25) is 0 Å². The van der Waals surface area contributed by atoms with Crippen LogP contribution in [-0.4, -0.2) is 16.1 Å². The smallest absolute Gasteiger partial charge is 0.183 e. The van der Waals surface area contributed by atoms with E-state index in [1.165, 1.54) is 17.0 Å². The van der Waals surface area contributed by atoms with Crippen LogP contribution in [0.4, 0.5) is 5.13 Å². The molecule has 2 aromatic rings. The van der Waals surface area contributed by atoms with Crippen LogP contribution in [0.15, 0.2) is 11.4 Å². The lowest BCUT2D eigenvalue weighted by Gasteiger charge is -2.04. The Morgan fingerprint density at radius 3 is 2.67 bits per heavy atom. The molecule has 0 spiro atoms. The van der Waals surface area contributed by atoms with Crippen LogP contribution in [0.25, 0.3) is 11.3 Å². The summed E-state index contributed by atoms with van der Waals surface area (Å²) in [6, 6.07) is 2.20. The van der Waals surface area contributed by atoms with Crippen molar-refractivity contribution in [2.45, 2.75) is 27.7 Å². The van der Waals surface area contributed by atoms with E-state index in [0.29, 0.717) is 5.92 Å². The highest BCUT2D eigenvalue weighted by molar-refractivity contribution is 7.14. The molecule has 4 heteroatoms. The van der Waals surface area contributed by atoms with E-state index in [1.807, 2.05) is 0 Å². The lowest BCUT2D eigenvalue weighted by Crippen LogP contribution is -2.07. The number of hydrogen-bond donors (Lipinski definition) is 1. The fraction of sp³-hybridized carbons (Fsp3) is 0.500. The molecule has 0 bridgehead atoms. The van der Waals surface area contributed by atoms with Gasteiger partial charge in [0, 0.05) is 35.9 Å². The van der Waals surface area contributed by atoms with Crippen molar-refractivity contribution in [3.8, 4) is 11.3 Å². The number of hydrogen-bond acceptors (Lipinski definition) is 3. The fourth-order valence-electron chi connectivity index (χ4n) is 1.88. The molecule has 0 unspecified atom stereocenters. The predicted molar refractivity (Wildman–Crippen MR) is 79.3 cm³/mol. The van der Waals surface area contributed by atoms with Crippen LogP contribution in [0.2, 0.25) is 0 Å². The van der Waals surface area contributed by atoms with Gasteiger partial charge in [0.25, 0.3) is 0 Å². The average molecular weight is 263 g/mol. The highest BCUT2D eigenvalue weighted by Gasteiger charge is 2.11. The van der Waals surface area contributed by atoms with Gasteiger partial charge in [-0.15, -0.1) is 11.3 Å². The molecular weight excluding hydrogens is 242 g/mol. The van der Waals surface area contributed by atoms with E-state index in [0.717, 1.165) is 17.4 Å². The molecule has 2 aromatic heterocycles. The van der Waals surface area contributed by atoms with E-state index in [2.05, 4.69) is 61.1 Å². The van der Waals surface area contributed by atoms with Crippen LogP contribution in [0.1, 0.15) is 25.2 Å². The molecule has 0 aliphatic carbocycles. The minimum Gasteiger partial charge on any atom is -0.361 e. The van der Waals surface area contributed by atoms with E-state index in [1.54, 1.807) is 11.3 Å². The van der Waals surface area contributed by atoms with Crippen molar-refractivity contribution in [3.05, 3.63) is 22.8 Å². The molecule has 18 heavy (non-hydrogen) atoms. The summed E-state index contributed by atoms with van der Waals surface area (Å²) in [6.07, 6.45) is 0. The Bertz CT molecular complexity index is 537. The molecule has 2 rings (SSSR count). The number of nitrogens with zero attached hydrogens (tertiary/aromatic N) is 2. The van der Waals surface area contributed by atoms with E-state index in [4.69, 9.17) is 0 Å². The van der Waals surface area contributed by atoms with Crippen molar-refractivity contribution < 1.29 is 0 Å². The minimum absolute atomic E-state index is 0.637. The molecule has 0 atom stereocenters. The molecule has 1 N–H and O–H groups in total. The summed E-state index contributed by atoms with van der Waals surface area (Å²) in [6.45, 7) is 9.64. The Morgan fingerprint density at radius 2 is 2.11 bits per heavy atom. The van der Waals surface area contributed by atoms with Crippen molar-refractivity contribution in [3.63, 3.8) is 0 Å². The Hall–Kier alpha value is -1.29. The summed E-state index contributed by atoms with van der Waals surface area (Å²) >= 11 is 1.68. The summed E-state index contributed by atoms with van der Waals surface area (Å²) in [5, 5.41) is 6.52. The molecule has 0 amide bonds. The maximum absolute atomic E-state index is 4.66. The second-order valence-corrected chi connectivity index (χ2v) is 6.01. The van der Waals surface area contributed by atoms with E-state index in [-0.39, 0.29) is 0 Å². The normalized spacial score (nSPS) is 11.2. The first kappa shape index (κ1) is 13.1. The van der Waals surface area contributed by atoms with Gasteiger partial charge in [0.05, 0.1) is 5.69 Å². The molecule has 0 saturated heterocycles. The zero-order valence-corrected chi connectivity index (χ0v) is 12.6. The Labute approximate surface area is 113 Å². The van der Waals surface area contributed by atoms with Gasteiger partial charge in [-0.1, -0.05) is 13.8 Å². The van der Waals surface area contributed by atoms with E-state index in [9.17, 15) is 0 Å². The molecule has 98 valence electrons. The number of thiazole rings is 1. The van der Waals surface area contributed by atoms with Crippen molar-refractivity contribution in [1.82, 2.24) is 9.55 Å². The topological polar surface area (TPSA) is 29.9 Å². The van der Waals surface area contributed by atoms with Gasteiger partial charge in [-0.25, -0.2) is 4.98 Å². The zero-order valence-electron chi connectivity index (χ0n) is 11.7. The fourth-order valence-corrected chi connectivity index (χ4v) is 2.61. The van der Waals surface area contributed by atoms with Crippen molar-refractivity contribution in [2.75, 3.05) is 11.9 Å². The van der Waals surface area contributed by atoms with Gasteiger partial charge in [0.2, 0.25) is 0 Å². The summed E-state index contributed by atoms with van der Waals surface area (Å²) in [7, 11) is 2.10. The lowest BCUT2D eigenvalue weighted by molar-refractivity contribution is 0.688. The molecule has 0 fully saturated rings.